The fraction of sp³-hybridized carbons (Fsp3) is 0.143. The van der Waals surface area contributed by atoms with E-state index in [1.165, 1.54) is 16.8 Å². The van der Waals surface area contributed by atoms with E-state index in [9.17, 15) is 18.0 Å². The molecule has 7 nitrogen and oxygen atoms in total. The van der Waals surface area contributed by atoms with Crippen LogP contribution in [0.4, 0.5) is 13.2 Å². The molecule has 3 aromatic heterocycles. The average Bonchev–Trinajstić information content (AvgIpc) is 3.12. The minimum Gasteiger partial charge on any atom is -0.305 e. The van der Waals surface area contributed by atoms with Gasteiger partial charge in [-0.25, -0.2) is 9.78 Å². The van der Waals surface area contributed by atoms with Crippen LogP contribution in [-0.4, -0.2) is 29.4 Å². The van der Waals surface area contributed by atoms with Gasteiger partial charge in [-0.15, -0.1) is 5.10 Å². The van der Waals surface area contributed by atoms with Crippen molar-refractivity contribution in [2.45, 2.75) is 6.18 Å². The van der Waals surface area contributed by atoms with Crippen molar-refractivity contribution in [3.05, 3.63) is 46.5 Å². The van der Waals surface area contributed by atoms with Crippen LogP contribution in [0.3, 0.4) is 0 Å². The maximum atomic E-state index is 13.1. The summed E-state index contributed by atoms with van der Waals surface area (Å²) in [5.74, 6) is 0.158. The van der Waals surface area contributed by atoms with Crippen LogP contribution < -0.4 is 5.69 Å². The molecule has 0 spiro atoms. The second-order valence-corrected chi connectivity index (χ2v) is 5.20. The molecule has 0 aliphatic rings. The lowest BCUT2D eigenvalue weighted by Crippen LogP contribution is -2.19. The Morgan fingerprint density at radius 1 is 1.17 bits per heavy atom. The fourth-order valence-corrected chi connectivity index (χ4v) is 2.54. The van der Waals surface area contributed by atoms with Gasteiger partial charge in [0.25, 0.3) is 0 Å². The Hall–Kier alpha value is -3.17. The second-order valence-electron chi connectivity index (χ2n) is 5.20. The van der Waals surface area contributed by atoms with Crippen LogP contribution in [0.2, 0.25) is 0 Å². The van der Waals surface area contributed by atoms with Gasteiger partial charge in [0, 0.05) is 18.6 Å². The summed E-state index contributed by atoms with van der Waals surface area (Å²) in [7, 11) is 1.71. The summed E-state index contributed by atoms with van der Waals surface area (Å²) in [5, 5.41) is 8.32. The van der Waals surface area contributed by atoms with Crippen LogP contribution in [0.15, 0.2) is 35.3 Å². The molecule has 0 saturated heterocycles. The first-order chi connectivity index (χ1) is 11.3. The van der Waals surface area contributed by atoms with Gasteiger partial charge in [0.15, 0.2) is 5.65 Å². The van der Waals surface area contributed by atoms with Crippen molar-refractivity contribution in [3.8, 4) is 11.5 Å². The number of hydrogen-bond donors (Lipinski definition) is 1. The molecule has 0 aliphatic carbocycles. The average molecular weight is 334 g/mol. The number of halogens is 3. The predicted molar refractivity (Wildman–Crippen MR) is 78.3 cm³/mol. The van der Waals surface area contributed by atoms with Crippen LogP contribution in [0.1, 0.15) is 5.56 Å². The maximum absolute atomic E-state index is 13.1. The summed E-state index contributed by atoms with van der Waals surface area (Å²) in [4.78, 5) is 18.6. The summed E-state index contributed by atoms with van der Waals surface area (Å²) in [6, 6.07) is 5.27. The van der Waals surface area contributed by atoms with Gasteiger partial charge in [-0.05, 0) is 18.2 Å². The van der Waals surface area contributed by atoms with Crippen LogP contribution in [-0.2, 0) is 13.2 Å². The number of fused-ring (bicyclic) bond motifs is 3. The first-order valence-corrected chi connectivity index (χ1v) is 6.83. The molecule has 0 atom stereocenters. The lowest BCUT2D eigenvalue weighted by atomic mass is 10.1. The lowest BCUT2D eigenvalue weighted by Gasteiger charge is -2.09. The summed E-state index contributed by atoms with van der Waals surface area (Å²) < 4.78 is 41.9. The van der Waals surface area contributed by atoms with Crippen LogP contribution in [0.25, 0.3) is 28.1 Å². The Labute approximate surface area is 131 Å². The van der Waals surface area contributed by atoms with Gasteiger partial charge in [-0.1, -0.05) is 6.07 Å². The molecule has 3 heterocycles. The molecule has 10 heteroatoms. The van der Waals surface area contributed by atoms with Gasteiger partial charge in [0.1, 0.15) is 5.69 Å². The van der Waals surface area contributed by atoms with E-state index in [1.807, 2.05) is 0 Å². The number of para-hydroxylation sites is 1. The van der Waals surface area contributed by atoms with Crippen molar-refractivity contribution < 1.29 is 13.2 Å². The number of nitrogens with zero attached hydrogens (tertiary/aromatic N) is 5. The second kappa shape index (κ2) is 4.66. The van der Waals surface area contributed by atoms with Gasteiger partial charge in [0.2, 0.25) is 5.82 Å². The monoisotopic (exact) mass is 334 g/mol. The van der Waals surface area contributed by atoms with E-state index < -0.39 is 17.4 Å². The normalized spacial score (nSPS) is 12.3. The molecule has 0 amide bonds. The molecule has 0 aliphatic heterocycles. The molecule has 122 valence electrons. The fourth-order valence-electron chi connectivity index (χ4n) is 2.54. The van der Waals surface area contributed by atoms with Gasteiger partial charge < -0.3 is 4.98 Å². The molecule has 0 radical (unpaired) electrons. The SMILES string of the molecule is Cn1ccc(-c2nc3c4cccc(C(F)(F)F)c4[nH]c(=O)n3n2)n1. The topological polar surface area (TPSA) is 80.9 Å². The van der Waals surface area contributed by atoms with E-state index in [2.05, 4.69) is 20.2 Å². The Morgan fingerprint density at radius 2 is 1.96 bits per heavy atom. The number of aromatic amines is 1. The van der Waals surface area contributed by atoms with Crippen molar-refractivity contribution in [2.24, 2.45) is 7.05 Å². The van der Waals surface area contributed by atoms with Crippen molar-refractivity contribution in [2.75, 3.05) is 0 Å². The molecule has 0 bridgehead atoms. The summed E-state index contributed by atoms with van der Waals surface area (Å²) in [5.41, 5.74) is -1.59. The Balaban J connectivity index is 2.08. The Kier molecular flexibility index (Phi) is 2.80. The number of aromatic nitrogens is 6. The molecule has 0 fully saturated rings. The highest BCUT2D eigenvalue weighted by atomic mass is 19.4. The summed E-state index contributed by atoms with van der Waals surface area (Å²) in [6.07, 6.45) is -2.92. The highest BCUT2D eigenvalue weighted by Crippen LogP contribution is 2.34. The van der Waals surface area contributed by atoms with Crippen LogP contribution in [0, 0.1) is 0 Å². The van der Waals surface area contributed by atoms with E-state index in [0.717, 1.165) is 10.6 Å². The van der Waals surface area contributed by atoms with Gasteiger partial charge in [-0.2, -0.15) is 22.8 Å². The first-order valence-electron chi connectivity index (χ1n) is 6.83. The smallest absolute Gasteiger partial charge is 0.305 e. The van der Waals surface area contributed by atoms with Crippen molar-refractivity contribution >= 4 is 16.6 Å². The lowest BCUT2D eigenvalue weighted by molar-refractivity contribution is -0.136. The summed E-state index contributed by atoms with van der Waals surface area (Å²) >= 11 is 0. The van der Waals surface area contributed by atoms with Crippen molar-refractivity contribution in [3.63, 3.8) is 0 Å². The minimum absolute atomic E-state index is 0.0421. The van der Waals surface area contributed by atoms with E-state index in [1.54, 1.807) is 19.3 Å². The molecule has 4 aromatic rings. The molecule has 1 N–H and O–H groups in total. The zero-order chi connectivity index (χ0) is 17.1. The third kappa shape index (κ3) is 2.07. The van der Waals surface area contributed by atoms with Gasteiger partial charge in [0.05, 0.1) is 11.1 Å². The molecule has 0 unspecified atom stereocenters. The minimum atomic E-state index is -4.59. The van der Waals surface area contributed by atoms with E-state index >= 15 is 0 Å². The Bertz CT molecular complexity index is 1140. The third-order valence-electron chi connectivity index (χ3n) is 3.58. The predicted octanol–water partition coefficient (Wildman–Crippen LogP) is 1.99. The maximum Gasteiger partial charge on any atom is 0.418 e. The molecule has 24 heavy (non-hydrogen) atoms. The van der Waals surface area contributed by atoms with Crippen LogP contribution >= 0.6 is 0 Å². The van der Waals surface area contributed by atoms with Crippen molar-refractivity contribution in [1.82, 2.24) is 29.4 Å². The first kappa shape index (κ1) is 14.4. The molecule has 1 aromatic carbocycles. The quantitative estimate of drug-likeness (QED) is 0.577. The summed E-state index contributed by atoms with van der Waals surface area (Å²) in [6.45, 7) is 0. The number of H-pyrrole nitrogens is 1. The standard InChI is InChI=1S/C14H9F3N6O/c1-22-6-5-9(20-22)11-19-12-7-3-2-4-8(14(15,16)17)10(7)18-13(24)23(12)21-11/h2-6H,1H3,(H,18,24). The van der Waals surface area contributed by atoms with E-state index in [-0.39, 0.29) is 22.4 Å². The number of hydrogen-bond acceptors (Lipinski definition) is 4. The largest absolute Gasteiger partial charge is 0.418 e. The molecule has 0 saturated carbocycles. The zero-order valence-corrected chi connectivity index (χ0v) is 12.2. The highest BCUT2D eigenvalue weighted by molar-refractivity contribution is 5.93. The molecular weight excluding hydrogens is 325 g/mol. The zero-order valence-electron chi connectivity index (χ0n) is 12.2. The number of benzene rings is 1. The number of rotatable bonds is 1. The van der Waals surface area contributed by atoms with Gasteiger partial charge in [-0.3, -0.25) is 4.68 Å². The van der Waals surface area contributed by atoms with E-state index in [0.29, 0.717) is 5.69 Å². The number of aryl methyl sites for hydroxylation is 1. The third-order valence-corrected chi connectivity index (χ3v) is 3.58. The molecule has 4 rings (SSSR count). The van der Waals surface area contributed by atoms with Crippen LogP contribution in [0.5, 0.6) is 0 Å². The van der Waals surface area contributed by atoms with Gasteiger partial charge >= 0.3 is 11.9 Å². The number of nitrogens with one attached hydrogen (secondary N) is 1. The van der Waals surface area contributed by atoms with Crippen molar-refractivity contribution in [1.29, 1.82) is 0 Å². The van der Waals surface area contributed by atoms with E-state index in [4.69, 9.17) is 0 Å². The number of alkyl halides is 3. The molecular formula is C14H9F3N6O. The highest BCUT2D eigenvalue weighted by Gasteiger charge is 2.33. The Morgan fingerprint density at radius 3 is 2.62 bits per heavy atom.